The van der Waals surface area contributed by atoms with E-state index in [2.05, 4.69) is 10.6 Å². The molecule has 2 N–H and O–H groups in total. The van der Waals surface area contributed by atoms with Crippen molar-refractivity contribution in [3.8, 4) is 11.1 Å². The van der Waals surface area contributed by atoms with Crippen LogP contribution in [0.2, 0.25) is 0 Å². The molecule has 1 aromatic heterocycles. The van der Waals surface area contributed by atoms with E-state index in [1.807, 2.05) is 37.3 Å². The Hall–Kier alpha value is -2.77. The molecule has 28 heavy (non-hydrogen) atoms. The number of rotatable bonds is 5. The second-order valence-electron chi connectivity index (χ2n) is 6.03. The molecule has 0 saturated heterocycles. The highest BCUT2D eigenvalue weighted by Crippen LogP contribution is 2.40. The highest BCUT2D eigenvalue weighted by Gasteiger charge is 2.24. The molecule has 0 radical (unpaired) electrons. The third-order valence-corrected chi connectivity index (χ3v) is 5.40. The van der Waals surface area contributed by atoms with Gasteiger partial charge in [0.25, 0.3) is 0 Å². The minimum absolute atomic E-state index is 0.283. The summed E-state index contributed by atoms with van der Waals surface area (Å²) in [4.78, 5) is 13.5. The number of aryl methyl sites for hydroxylation is 1. The summed E-state index contributed by atoms with van der Waals surface area (Å²) in [5, 5.41) is 7.17. The lowest BCUT2D eigenvalue weighted by Gasteiger charge is -2.11. The first-order chi connectivity index (χ1) is 13.5. The zero-order valence-electron chi connectivity index (χ0n) is 15.4. The standard InChI is InChI=1S/C21H19FN2O2S2/c1-13-17(15-6-4-3-5-7-15)18(20(25)26-2)19(28-13)24-21(27)23-12-14-8-10-16(22)11-9-14/h3-11H,12H2,1-2H3,(H2,23,24,27). The number of thiophene rings is 1. The Bertz CT molecular complexity index is 986. The quantitative estimate of drug-likeness (QED) is 0.447. The topological polar surface area (TPSA) is 50.4 Å². The number of carbonyl (C=O) groups is 1. The fourth-order valence-corrected chi connectivity index (χ4v) is 4.12. The van der Waals surface area contributed by atoms with Crippen LogP contribution < -0.4 is 10.6 Å². The molecule has 0 unspecified atom stereocenters. The molecule has 3 rings (SSSR count). The van der Waals surface area contributed by atoms with Gasteiger partial charge in [0.2, 0.25) is 0 Å². The van der Waals surface area contributed by atoms with Gasteiger partial charge < -0.3 is 15.4 Å². The van der Waals surface area contributed by atoms with Gasteiger partial charge in [-0.3, -0.25) is 0 Å². The zero-order chi connectivity index (χ0) is 20.1. The Labute approximate surface area is 172 Å². The first-order valence-electron chi connectivity index (χ1n) is 8.56. The first-order valence-corrected chi connectivity index (χ1v) is 9.78. The smallest absolute Gasteiger partial charge is 0.341 e. The number of hydrogen-bond donors (Lipinski definition) is 2. The van der Waals surface area contributed by atoms with Crippen LogP contribution in [-0.4, -0.2) is 18.2 Å². The molecule has 4 nitrogen and oxygen atoms in total. The van der Waals surface area contributed by atoms with Crippen molar-refractivity contribution in [2.24, 2.45) is 0 Å². The Kier molecular flexibility index (Phi) is 6.38. The molecule has 0 atom stereocenters. The molecule has 0 fully saturated rings. The lowest BCUT2D eigenvalue weighted by atomic mass is 10.0. The van der Waals surface area contributed by atoms with Gasteiger partial charge in [0, 0.05) is 17.0 Å². The fraction of sp³-hybridized carbons (Fsp3) is 0.143. The van der Waals surface area contributed by atoms with Crippen LogP contribution in [0.1, 0.15) is 20.8 Å². The molecule has 0 amide bonds. The Morgan fingerprint density at radius 3 is 2.46 bits per heavy atom. The predicted octanol–water partition coefficient (Wildman–Crippen LogP) is 5.14. The van der Waals surface area contributed by atoms with Crippen LogP contribution in [0.15, 0.2) is 54.6 Å². The number of halogens is 1. The van der Waals surface area contributed by atoms with Gasteiger partial charge in [-0.1, -0.05) is 42.5 Å². The molecular formula is C21H19FN2O2S2. The zero-order valence-corrected chi connectivity index (χ0v) is 17.0. The van der Waals surface area contributed by atoms with Crippen molar-refractivity contribution in [1.29, 1.82) is 0 Å². The highest BCUT2D eigenvalue weighted by atomic mass is 32.1. The van der Waals surface area contributed by atoms with Gasteiger partial charge >= 0.3 is 5.97 Å². The molecule has 144 valence electrons. The van der Waals surface area contributed by atoms with Crippen LogP contribution in [0.4, 0.5) is 9.39 Å². The molecule has 7 heteroatoms. The van der Waals surface area contributed by atoms with E-state index in [0.717, 1.165) is 21.6 Å². The SMILES string of the molecule is COC(=O)c1c(NC(=S)NCc2ccc(F)cc2)sc(C)c1-c1ccccc1. The van der Waals surface area contributed by atoms with E-state index in [0.29, 0.717) is 22.2 Å². The second-order valence-corrected chi connectivity index (χ2v) is 7.66. The second kappa shape index (κ2) is 8.95. The van der Waals surface area contributed by atoms with E-state index in [4.69, 9.17) is 17.0 Å². The maximum Gasteiger partial charge on any atom is 0.341 e. The summed E-state index contributed by atoms with van der Waals surface area (Å²) in [7, 11) is 1.36. The van der Waals surface area contributed by atoms with Crippen molar-refractivity contribution >= 4 is 39.6 Å². The number of benzene rings is 2. The molecule has 0 aliphatic rings. The number of carbonyl (C=O) groups excluding carboxylic acids is 1. The fourth-order valence-electron chi connectivity index (χ4n) is 2.81. The molecule has 0 saturated carbocycles. The van der Waals surface area contributed by atoms with Gasteiger partial charge in [0.15, 0.2) is 5.11 Å². The maximum absolute atomic E-state index is 13.0. The van der Waals surface area contributed by atoms with Crippen LogP contribution in [0.3, 0.4) is 0 Å². The van der Waals surface area contributed by atoms with E-state index in [1.165, 1.54) is 30.6 Å². The third kappa shape index (κ3) is 4.55. The van der Waals surface area contributed by atoms with Crippen LogP contribution in [0, 0.1) is 12.7 Å². The van der Waals surface area contributed by atoms with Crippen LogP contribution in [-0.2, 0) is 11.3 Å². The van der Waals surface area contributed by atoms with Gasteiger partial charge in [-0.05, 0) is 42.4 Å². The van der Waals surface area contributed by atoms with Crippen molar-refractivity contribution in [3.63, 3.8) is 0 Å². The summed E-state index contributed by atoms with van der Waals surface area (Å²) in [5.41, 5.74) is 3.13. The Balaban J connectivity index is 1.82. The maximum atomic E-state index is 13.0. The van der Waals surface area contributed by atoms with E-state index >= 15 is 0 Å². The van der Waals surface area contributed by atoms with Crippen LogP contribution in [0.5, 0.6) is 0 Å². The van der Waals surface area contributed by atoms with Crippen molar-refractivity contribution < 1.29 is 13.9 Å². The summed E-state index contributed by atoms with van der Waals surface area (Å²) < 4.78 is 18.0. The monoisotopic (exact) mass is 414 g/mol. The van der Waals surface area contributed by atoms with Gasteiger partial charge in [0.05, 0.1) is 7.11 Å². The van der Waals surface area contributed by atoms with Gasteiger partial charge in [-0.15, -0.1) is 11.3 Å². The largest absolute Gasteiger partial charge is 0.465 e. The average molecular weight is 415 g/mol. The van der Waals surface area contributed by atoms with E-state index < -0.39 is 5.97 Å². The number of thiocarbonyl (C=S) groups is 1. The van der Waals surface area contributed by atoms with Crippen molar-refractivity contribution in [1.82, 2.24) is 5.32 Å². The molecule has 0 aliphatic heterocycles. The number of nitrogens with one attached hydrogen (secondary N) is 2. The molecular weight excluding hydrogens is 395 g/mol. The highest BCUT2D eigenvalue weighted by molar-refractivity contribution is 7.80. The summed E-state index contributed by atoms with van der Waals surface area (Å²) in [6.07, 6.45) is 0. The molecule has 2 aromatic carbocycles. The number of anilines is 1. The van der Waals surface area contributed by atoms with Crippen molar-refractivity contribution in [2.75, 3.05) is 12.4 Å². The number of esters is 1. The minimum Gasteiger partial charge on any atom is -0.465 e. The average Bonchev–Trinajstić information content (AvgIpc) is 3.03. The summed E-state index contributed by atoms with van der Waals surface area (Å²) in [6.45, 7) is 2.40. The molecule has 0 bridgehead atoms. The van der Waals surface area contributed by atoms with Crippen molar-refractivity contribution in [3.05, 3.63) is 76.4 Å². The Morgan fingerprint density at radius 2 is 1.82 bits per heavy atom. The van der Waals surface area contributed by atoms with Crippen LogP contribution in [0.25, 0.3) is 11.1 Å². The summed E-state index contributed by atoms with van der Waals surface area (Å²) in [6, 6.07) is 15.9. The molecule has 3 aromatic rings. The van der Waals surface area contributed by atoms with Gasteiger partial charge in [0.1, 0.15) is 16.4 Å². The summed E-state index contributed by atoms with van der Waals surface area (Å²) >= 11 is 6.81. The molecule has 0 spiro atoms. The van der Waals surface area contributed by atoms with Gasteiger partial charge in [-0.25, -0.2) is 9.18 Å². The number of methoxy groups -OCH3 is 1. The molecule has 1 heterocycles. The lowest BCUT2D eigenvalue weighted by molar-refractivity contribution is 0.0603. The van der Waals surface area contributed by atoms with E-state index in [1.54, 1.807) is 12.1 Å². The lowest BCUT2D eigenvalue weighted by Crippen LogP contribution is -2.28. The third-order valence-electron chi connectivity index (χ3n) is 4.13. The van der Waals surface area contributed by atoms with E-state index in [9.17, 15) is 9.18 Å². The van der Waals surface area contributed by atoms with Crippen molar-refractivity contribution in [2.45, 2.75) is 13.5 Å². The minimum atomic E-state index is -0.424. The van der Waals surface area contributed by atoms with Gasteiger partial charge in [-0.2, -0.15) is 0 Å². The predicted molar refractivity (Wildman–Crippen MR) is 115 cm³/mol. The van der Waals surface area contributed by atoms with E-state index in [-0.39, 0.29) is 5.82 Å². The first kappa shape index (κ1) is 20.0. The Morgan fingerprint density at radius 1 is 1.14 bits per heavy atom. The number of hydrogen-bond acceptors (Lipinski definition) is 4. The van der Waals surface area contributed by atoms with Crippen LogP contribution >= 0.6 is 23.6 Å². The summed E-state index contributed by atoms with van der Waals surface area (Å²) in [5.74, 6) is -0.707. The normalized spacial score (nSPS) is 10.4. The molecule has 0 aliphatic carbocycles. The number of ether oxygens (including phenoxy) is 1.